The molecule has 0 radical (unpaired) electrons. The van der Waals surface area contributed by atoms with Crippen LogP contribution < -0.4 is 10.6 Å². The van der Waals surface area contributed by atoms with Crippen LogP contribution in [0.25, 0.3) is 0 Å². The minimum Gasteiger partial charge on any atom is -0.321 e. The van der Waals surface area contributed by atoms with Crippen LogP contribution in [0.2, 0.25) is 5.02 Å². The summed E-state index contributed by atoms with van der Waals surface area (Å²) in [6.45, 7) is 3.93. The summed E-state index contributed by atoms with van der Waals surface area (Å²) >= 11 is 6.05. The molecule has 0 fully saturated rings. The number of hydrogen-bond donors (Lipinski definition) is 2. The molecule has 0 saturated carbocycles. The van der Waals surface area contributed by atoms with Crippen molar-refractivity contribution in [1.29, 1.82) is 0 Å². The summed E-state index contributed by atoms with van der Waals surface area (Å²) in [4.78, 5) is 24.9. The number of aromatic nitrogens is 2. The first-order chi connectivity index (χ1) is 12.8. The molecule has 0 spiro atoms. The Labute approximate surface area is 162 Å². The van der Waals surface area contributed by atoms with E-state index in [4.69, 9.17) is 11.6 Å². The second-order valence-electron chi connectivity index (χ2n) is 6.30. The van der Waals surface area contributed by atoms with Gasteiger partial charge in [0, 0.05) is 18.8 Å². The maximum atomic E-state index is 12.5. The van der Waals surface area contributed by atoms with Crippen LogP contribution in [-0.2, 0) is 7.05 Å². The first-order valence-corrected chi connectivity index (χ1v) is 8.71. The molecular formula is C20H19ClN4O2. The molecule has 0 aliphatic carbocycles. The lowest BCUT2D eigenvalue weighted by atomic mass is 10.1. The summed E-state index contributed by atoms with van der Waals surface area (Å²) in [5.74, 6) is -0.329. The third kappa shape index (κ3) is 4.35. The van der Waals surface area contributed by atoms with Gasteiger partial charge in [-0.15, -0.1) is 0 Å². The molecule has 0 bridgehead atoms. The lowest BCUT2D eigenvalue weighted by Gasteiger charge is -2.06. The quantitative estimate of drug-likeness (QED) is 0.710. The zero-order valence-electron chi connectivity index (χ0n) is 15.2. The molecule has 2 aromatic carbocycles. The van der Waals surface area contributed by atoms with E-state index in [9.17, 15) is 9.59 Å². The molecule has 0 atom stereocenters. The van der Waals surface area contributed by atoms with Gasteiger partial charge in [0.2, 0.25) is 0 Å². The van der Waals surface area contributed by atoms with Crippen LogP contribution in [0.5, 0.6) is 0 Å². The Morgan fingerprint density at radius 1 is 0.963 bits per heavy atom. The van der Waals surface area contributed by atoms with E-state index in [-0.39, 0.29) is 17.5 Å². The summed E-state index contributed by atoms with van der Waals surface area (Å²) in [7, 11) is 1.65. The van der Waals surface area contributed by atoms with Gasteiger partial charge >= 0.3 is 0 Å². The molecule has 0 saturated heterocycles. The van der Waals surface area contributed by atoms with Crippen molar-refractivity contribution >= 4 is 34.9 Å². The molecule has 3 aromatic rings. The van der Waals surface area contributed by atoms with Crippen molar-refractivity contribution in [3.63, 3.8) is 0 Å². The third-order valence-electron chi connectivity index (χ3n) is 3.95. The number of carbonyl (C=O) groups excluding carboxylic acids is 2. The normalized spacial score (nSPS) is 10.5. The van der Waals surface area contributed by atoms with E-state index in [0.29, 0.717) is 22.1 Å². The van der Waals surface area contributed by atoms with Crippen LogP contribution in [-0.4, -0.2) is 21.6 Å². The predicted molar refractivity (Wildman–Crippen MR) is 106 cm³/mol. The SMILES string of the molecule is Cc1cc(C)cc(NC(=O)c2cc(NC(=O)c3ccccc3Cl)n(C)n2)c1. The van der Waals surface area contributed by atoms with Gasteiger partial charge in [0.05, 0.1) is 10.6 Å². The molecule has 6 nitrogen and oxygen atoms in total. The van der Waals surface area contributed by atoms with Crippen LogP contribution in [0.15, 0.2) is 48.5 Å². The van der Waals surface area contributed by atoms with Gasteiger partial charge in [0.25, 0.3) is 11.8 Å². The number of halogens is 1. The van der Waals surface area contributed by atoms with Gasteiger partial charge in [0.1, 0.15) is 5.82 Å². The molecule has 0 unspecified atom stereocenters. The number of nitrogens with one attached hydrogen (secondary N) is 2. The Bertz CT molecular complexity index is 1010. The molecule has 138 valence electrons. The number of benzene rings is 2. The highest BCUT2D eigenvalue weighted by molar-refractivity contribution is 6.34. The van der Waals surface area contributed by atoms with E-state index in [1.807, 2.05) is 32.0 Å². The van der Waals surface area contributed by atoms with Gasteiger partial charge in [-0.2, -0.15) is 5.10 Å². The van der Waals surface area contributed by atoms with E-state index in [0.717, 1.165) is 11.1 Å². The minimum absolute atomic E-state index is 0.200. The van der Waals surface area contributed by atoms with Crippen molar-refractivity contribution in [1.82, 2.24) is 9.78 Å². The Balaban J connectivity index is 1.76. The summed E-state index contributed by atoms with van der Waals surface area (Å²) in [5.41, 5.74) is 3.36. The number of nitrogens with zero attached hydrogens (tertiary/aromatic N) is 2. The van der Waals surface area contributed by atoms with Gasteiger partial charge in [-0.1, -0.05) is 29.8 Å². The summed E-state index contributed by atoms with van der Waals surface area (Å²) in [6, 6.07) is 14.1. The fraction of sp³-hybridized carbons (Fsp3) is 0.150. The fourth-order valence-corrected chi connectivity index (χ4v) is 2.99. The lowest BCUT2D eigenvalue weighted by molar-refractivity contribution is 0.101. The van der Waals surface area contributed by atoms with Gasteiger partial charge in [-0.25, -0.2) is 0 Å². The second kappa shape index (κ2) is 7.63. The molecular weight excluding hydrogens is 364 g/mol. The van der Waals surface area contributed by atoms with Crippen LogP contribution in [0.4, 0.5) is 11.5 Å². The van der Waals surface area contributed by atoms with Crippen molar-refractivity contribution in [2.45, 2.75) is 13.8 Å². The standard InChI is InChI=1S/C20H19ClN4O2/c1-12-8-13(2)10-14(9-12)22-20(27)17-11-18(25(3)24-17)23-19(26)15-6-4-5-7-16(15)21/h4-11H,1-3H3,(H,22,27)(H,23,26). The van der Waals surface area contributed by atoms with Crippen molar-refractivity contribution in [3.05, 3.63) is 75.9 Å². The van der Waals surface area contributed by atoms with E-state index >= 15 is 0 Å². The highest BCUT2D eigenvalue weighted by Gasteiger charge is 2.16. The zero-order valence-corrected chi connectivity index (χ0v) is 16.0. The van der Waals surface area contributed by atoms with Crippen molar-refractivity contribution in [2.24, 2.45) is 7.05 Å². The first kappa shape index (κ1) is 18.7. The summed E-state index contributed by atoms with van der Waals surface area (Å²) < 4.78 is 1.44. The topological polar surface area (TPSA) is 76.0 Å². The number of rotatable bonds is 4. The van der Waals surface area contributed by atoms with E-state index in [1.54, 1.807) is 31.3 Å². The largest absolute Gasteiger partial charge is 0.321 e. The minimum atomic E-state index is -0.370. The van der Waals surface area contributed by atoms with Crippen molar-refractivity contribution < 1.29 is 9.59 Å². The Morgan fingerprint density at radius 2 is 1.63 bits per heavy atom. The van der Waals surface area contributed by atoms with Gasteiger partial charge in [0.15, 0.2) is 5.69 Å². The fourth-order valence-electron chi connectivity index (χ4n) is 2.77. The smallest absolute Gasteiger partial charge is 0.276 e. The molecule has 27 heavy (non-hydrogen) atoms. The molecule has 0 aliphatic rings. The van der Waals surface area contributed by atoms with Crippen LogP contribution >= 0.6 is 11.6 Å². The Kier molecular flexibility index (Phi) is 5.28. The number of hydrogen-bond acceptors (Lipinski definition) is 3. The Morgan fingerprint density at radius 3 is 2.30 bits per heavy atom. The lowest BCUT2D eigenvalue weighted by Crippen LogP contribution is -2.14. The highest BCUT2D eigenvalue weighted by Crippen LogP contribution is 2.19. The van der Waals surface area contributed by atoms with Crippen molar-refractivity contribution in [3.8, 4) is 0 Å². The van der Waals surface area contributed by atoms with Crippen LogP contribution in [0, 0.1) is 13.8 Å². The number of carbonyl (C=O) groups is 2. The van der Waals surface area contributed by atoms with Crippen LogP contribution in [0.1, 0.15) is 32.0 Å². The van der Waals surface area contributed by atoms with Crippen molar-refractivity contribution in [2.75, 3.05) is 10.6 Å². The van der Waals surface area contributed by atoms with E-state index in [2.05, 4.69) is 15.7 Å². The Hall–Kier alpha value is -3.12. The van der Waals surface area contributed by atoms with E-state index in [1.165, 1.54) is 10.7 Å². The molecule has 7 heteroatoms. The van der Waals surface area contributed by atoms with Gasteiger partial charge < -0.3 is 10.6 Å². The second-order valence-corrected chi connectivity index (χ2v) is 6.71. The van der Waals surface area contributed by atoms with Gasteiger partial charge in [-0.05, 0) is 49.2 Å². The molecule has 2 N–H and O–H groups in total. The number of anilines is 2. The monoisotopic (exact) mass is 382 g/mol. The number of amides is 2. The summed E-state index contributed by atoms with van der Waals surface area (Å²) in [6.07, 6.45) is 0. The molecule has 3 rings (SSSR count). The first-order valence-electron chi connectivity index (χ1n) is 8.33. The third-order valence-corrected chi connectivity index (χ3v) is 4.28. The zero-order chi connectivity index (χ0) is 19.6. The van der Waals surface area contributed by atoms with E-state index < -0.39 is 0 Å². The average molecular weight is 383 g/mol. The van der Waals surface area contributed by atoms with Gasteiger partial charge in [-0.3, -0.25) is 14.3 Å². The predicted octanol–water partition coefficient (Wildman–Crippen LogP) is 4.19. The molecule has 1 aromatic heterocycles. The maximum absolute atomic E-state index is 12.5. The molecule has 0 aliphatic heterocycles. The van der Waals surface area contributed by atoms with Crippen LogP contribution in [0.3, 0.4) is 0 Å². The summed E-state index contributed by atoms with van der Waals surface area (Å²) in [5, 5.41) is 10.1. The molecule has 2 amide bonds. The maximum Gasteiger partial charge on any atom is 0.276 e. The number of aryl methyl sites for hydroxylation is 3. The molecule has 1 heterocycles. The highest BCUT2D eigenvalue weighted by atomic mass is 35.5. The average Bonchev–Trinajstić information content (AvgIpc) is 2.95.